The summed E-state index contributed by atoms with van der Waals surface area (Å²) >= 11 is 0. The SMILES string of the molecule is CCOc1ccc(C(=O)C(C)N2CCC(C)CC2)cc1N. The number of benzene rings is 1. The van der Waals surface area contributed by atoms with E-state index in [1.165, 1.54) is 12.8 Å². The van der Waals surface area contributed by atoms with Crippen LogP contribution in [0.1, 0.15) is 44.0 Å². The van der Waals surface area contributed by atoms with Gasteiger partial charge in [-0.3, -0.25) is 9.69 Å². The second kappa shape index (κ2) is 6.94. The fourth-order valence-corrected chi connectivity index (χ4v) is 2.81. The van der Waals surface area contributed by atoms with Crippen molar-refractivity contribution in [3.8, 4) is 5.75 Å². The summed E-state index contributed by atoms with van der Waals surface area (Å²) in [4.78, 5) is 14.9. The lowest BCUT2D eigenvalue weighted by molar-refractivity contribution is 0.0779. The molecule has 1 atom stereocenters. The molecule has 1 heterocycles. The van der Waals surface area contributed by atoms with E-state index in [1.54, 1.807) is 12.1 Å². The summed E-state index contributed by atoms with van der Waals surface area (Å²) in [7, 11) is 0. The molecule has 4 nitrogen and oxygen atoms in total. The molecule has 1 aliphatic heterocycles. The average molecular weight is 290 g/mol. The molecule has 4 heteroatoms. The van der Waals surface area contributed by atoms with Crippen molar-refractivity contribution in [3.63, 3.8) is 0 Å². The van der Waals surface area contributed by atoms with Crippen molar-refractivity contribution in [1.82, 2.24) is 4.90 Å². The molecular formula is C17H26N2O2. The number of hydrogen-bond donors (Lipinski definition) is 1. The molecule has 0 radical (unpaired) electrons. The largest absolute Gasteiger partial charge is 0.492 e. The zero-order valence-electron chi connectivity index (χ0n) is 13.3. The van der Waals surface area contributed by atoms with E-state index in [4.69, 9.17) is 10.5 Å². The molecule has 1 unspecified atom stereocenters. The number of rotatable bonds is 5. The van der Waals surface area contributed by atoms with Crippen LogP contribution in [0.5, 0.6) is 5.75 Å². The van der Waals surface area contributed by atoms with Crippen LogP contribution in [0.15, 0.2) is 18.2 Å². The van der Waals surface area contributed by atoms with Gasteiger partial charge in [-0.2, -0.15) is 0 Å². The van der Waals surface area contributed by atoms with Gasteiger partial charge < -0.3 is 10.5 Å². The monoisotopic (exact) mass is 290 g/mol. The van der Waals surface area contributed by atoms with Gasteiger partial charge in [-0.15, -0.1) is 0 Å². The van der Waals surface area contributed by atoms with Crippen LogP contribution in [-0.2, 0) is 0 Å². The van der Waals surface area contributed by atoms with Crippen LogP contribution in [0.4, 0.5) is 5.69 Å². The van der Waals surface area contributed by atoms with Crippen LogP contribution in [-0.4, -0.2) is 36.4 Å². The molecule has 2 N–H and O–H groups in total. The molecule has 0 aliphatic carbocycles. The van der Waals surface area contributed by atoms with Crippen LogP contribution in [0, 0.1) is 5.92 Å². The number of ketones is 1. The zero-order chi connectivity index (χ0) is 15.4. The molecule has 0 amide bonds. The first-order valence-electron chi connectivity index (χ1n) is 7.83. The van der Waals surface area contributed by atoms with E-state index in [0.29, 0.717) is 23.6 Å². The maximum atomic E-state index is 12.6. The second-order valence-corrected chi connectivity index (χ2v) is 5.94. The lowest BCUT2D eigenvalue weighted by Crippen LogP contribution is -2.43. The van der Waals surface area contributed by atoms with Crippen LogP contribution in [0.25, 0.3) is 0 Å². The molecule has 1 aromatic rings. The topological polar surface area (TPSA) is 55.6 Å². The van der Waals surface area contributed by atoms with Crippen molar-refractivity contribution < 1.29 is 9.53 Å². The molecule has 0 bridgehead atoms. The predicted octanol–water partition coefficient (Wildman–Crippen LogP) is 2.97. The van der Waals surface area contributed by atoms with E-state index >= 15 is 0 Å². The highest BCUT2D eigenvalue weighted by Gasteiger charge is 2.26. The highest BCUT2D eigenvalue weighted by molar-refractivity contribution is 6.00. The third-order valence-electron chi connectivity index (χ3n) is 4.34. The van der Waals surface area contributed by atoms with E-state index in [-0.39, 0.29) is 11.8 Å². The zero-order valence-corrected chi connectivity index (χ0v) is 13.3. The third-order valence-corrected chi connectivity index (χ3v) is 4.34. The minimum atomic E-state index is -0.0881. The average Bonchev–Trinajstić information content (AvgIpc) is 2.49. The van der Waals surface area contributed by atoms with Crippen molar-refractivity contribution >= 4 is 11.5 Å². The van der Waals surface area contributed by atoms with Gasteiger partial charge in [0.15, 0.2) is 5.78 Å². The molecule has 2 rings (SSSR count). The Morgan fingerprint density at radius 3 is 2.67 bits per heavy atom. The Morgan fingerprint density at radius 1 is 1.43 bits per heavy atom. The van der Waals surface area contributed by atoms with Crippen molar-refractivity contribution in [1.29, 1.82) is 0 Å². The van der Waals surface area contributed by atoms with Gasteiger partial charge in [-0.05, 0) is 63.9 Å². The van der Waals surface area contributed by atoms with E-state index in [1.807, 2.05) is 19.9 Å². The van der Waals surface area contributed by atoms with Gasteiger partial charge in [0, 0.05) is 5.56 Å². The van der Waals surface area contributed by atoms with Crippen molar-refractivity contribution in [2.24, 2.45) is 5.92 Å². The van der Waals surface area contributed by atoms with Gasteiger partial charge >= 0.3 is 0 Å². The Kier molecular flexibility index (Phi) is 5.23. The van der Waals surface area contributed by atoms with Gasteiger partial charge in [0.1, 0.15) is 5.75 Å². The number of Topliss-reactive ketones (excluding diaryl/α,β-unsaturated/α-hetero) is 1. The number of carbonyl (C=O) groups excluding carboxylic acids is 1. The van der Waals surface area contributed by atoms with E-state index in [9.17, 15) is 4.79 Å². The molecule has 1 fully saturated rings. The lowest BCUT2D eigenvalue weighted by Gasteiger charge is -2.34. The van der Waals surface area contributed by atoms with Crippen LogP contribution < -0.4 is 10.5 Å². The number of nitrogen functional groups attached to an aromatic ring is 1. The molecule has 116 valence electrons. The normalized spacial score (nSPS) is 18.4. The molecular weight excluding hydrogens is 264 g/mol. The Morgan fingerprint density at radius 2 is 2.10 bits per heavy atom. The second-order valence-electron chi connectivity index (χ2n) is 5.94. The molecule has 1 saturated heterocycles. The smallest absolute Gasteiger partial charge is 0.179 e. The van der Waals surface area contributed by atoms with E-state index in [2.05, 4.69) is 11.8 Å². The van der Waals surface area contributed by atoms with Crippen molar-refractivity contribution in [3.05, 3.63) is 23.8 Å². The first-order chi connectivity index (χ1) is 10.0. The van der Waals surface area contributed by atoms with Crippen LogP contribution in [0.3, 0.4) is 0 Å². The molecule has 0 saturated carbocycles. The number of anilines is 1. The fraction of sp³-hybridized carbons (Fsp3) is 0.588. The number of nitrogens with zero attached hydrogens (tertiary/aromatic N) is 1. The summed E-state index contributed by atoms with van der Waals surface area (Å²) in [6.45, 7) is 8.75. The number of carbonyl (C=O) groups is 1. The van der Waals surface area contributed by atoms with Crippen molar-refractivity contribution in [2.45, 2.75) is 39.7 Å². The van der Waals surface area contributed by atoms with E-state index < -0.39 is 0 Å². The van der Waals surface area contributed by atoms with Gasteiger partial charge in [-0.1, -0.05) is 6.92 Å². The highest BCUT2D eigenvalue weighted by atomic mass is 16.5. The summed E-state index contributed by atoms with van der Waals surface area (Å²) in [5.74, 6) is 1.55. The number of likely N-dealkylation sites (tertiary alicyclic amines) is 1. The Balaban J connectivity index is 2.07. The van der Waals surface area contributed by atoms with Gasteiger partial charge in [0.2, 0.25) is 0 Å². The number of nitrogens with two attached hydrogens (primary N) is 1. The van der Waals surface area contributed by atoms with Crippen molar-refractivity contribution in [2.75, 3.05) is 25.4 Å². The Bertz CT molecular complexity index is 494. The minimum Gasteiger partial charge on any atom is -0.492 e. The van der Waals surface area contributed by atoms with Gasteiger partial charge in [0.05, 0.1) is 18.3 Å². The van der Waals surface area contributed by atoms with Crippen LogP contribution >= 0.6 is 0 Å². The van der Waals surface area contributed by atoms with E-state index in [0.717, 1.165) is 19.0 Å². The molecule has 1 aromatic carbocycles. The Hall–Kier alpha value is -1.55. The molecule has 0 spiro atoms. The quantitative estimate of drug-likeness (QED) is 0.669. The summed E-state index contributed by atoms with van der Waals surface area (Å²) < 4.78 is 5.41. The number of hydrogen-bond acceptors (Lipinski definition) is 4. The lowest BCUT2D eigenvalue weighted by atomic mass is 9.96. The standard InChI is InChI=1S/C17H26N2O2/c1-4-21-16-6-5-14(11-15(16)18)17(20)13(3)19-9-7-12(2)8-10-19/h5-6,11-13H,4,7-10,18H2,1-3H3. The minimum absolute atomic E-state index is 0.0881. The molecule has 0 aromatic heterocycles. The van der Waals surface area contributed by atoms with Crippen LogP contribution in [0.2, 0.25) is 0 Å². The summed E-state index contributed by atoms with van der Waals surface area (Å²) in [5.41, 5.74) is 7.15. The third kappa shape index (κ3) is 3.76. The summed E-state index contributed by atoms with van der Waals surface area (Å²) in [5, 5.41) is 0. The first kappa shape index (κ1) is 15.8. The predicted molar refractivity (Wildman–Crippen MR) is 85.8 cm³/mol. The number of piperidine rings is 1. The summed E-state index contributed by atoms with van der Waals surface area (Å²) in [6, 6.07) is 5.25. The fourth-order valence-electron chi connectivity index (χ4n) is 2.81. The first-order valence-corrected chi connectivity index (χ1v) is 7.83. The summed E-state index contributed by atoms with van der Waals surface area (Å²) in [6.07, 6.45) is 2.34. The molecule has 1 aliphatic rings. The maximum absolute atomic E-state index is 12.6. The van der Waals surface area contributed by atoms with Gasteiger partial charge in [0.25, 0.3) is 0 Å². The number of ether oxygens (including phenoxy) is 1. The van der Waals surface area contributed by atoms with Gasteiger partial charge in [-0.25, -0.2) is 0 Å². The Labute approximate surface area is 127 Å². The maximum Gasteiger partial charge on any atom is 0.179 e. The molecule has 21 heavy (non-hydrogen) atoms. The highest BCUT2D eigenvalue weighted by Crippen LogP contribution is 2.25.